The molecule has 1 heterocycles. The maximum absolute atomic E-state index is 11.3. The van der Waals surface area contributed by atoms with Gasteiger partial charge in [-0.15, -0.1) is 0 Å². The number of imide groups is 1. The lowest BCUT2D eigenvalue weighted by molar-refractivity contribution is -0.126. The van der Waals surface area contributed by atoms with E-state index in [2.05, 4.69) is 12.6 Å². The van der Waals surface area contributed by atoms with E-state index in [4.69, 9.17) is 0 Å². The third kappa shape index (κ3) is 1.18. The molecule has 0 aromatic carbocycles. The summed E-state index contributed by atoms with van der Waals surface area (Å²) in [6, 6.07) is -0.586. The SMILES string of the molecule is CCN1C(=O)N(C)C(=O)C1CS. The molecule has 1 rings (SSSR count). The fourth-order valence-electron chi connectivity index (χ4n) is 1.31. The van der Waals surface area contributed by atoms with Crippen molar-refractivity contribution in [3.8, 4) is 0 Å². The number of nitrogens with zero attached hydrogens (tertiary/aromatic N) is 2. The van der Waals surface area contributed by atoms with Crippen LogP contribution in [0.15, 0.2) is 0 Å². The normalized spacial score (nSPS) is 24.1. The molecule has 1 aliphatic heterocycles. The maximum Gasteiger partial charge on any atom is 0.327 e. The molecule has 0 aliphatic carbocycles. The highest BCUT2D eigenvalue weighted by Gasteiger charge is 2.40. The zero-order chi connectivity index (χ0) is 9.30. The lowest BCUT2D eigenvalue weighted by Gasteiger charge is -2.17. The Hall–Kier alpha value is -0.710. The first kappa shape index (κ1) is 9.38. The number of thiol groups is 1. The summed E-state index contributed by atoms with van der Waals surface area (Å²) in [4.78, 5) is 25.3. The monoisotopic (exact) mass is 188 g/mol. The summed E-state index contributed by atoms with van der Waals surface area (Å²) in [5.74, 6) is 0.236. The Bertz CT molecular complexity index is 197. The number of carbonyl (C=O) groups excluding carboxylic acids is 2. The smallest absolute Gasteiger partial charge is 0.312 e. The van der Waals surface area contributed by atoms with Gasteiger partial charge in [-0.25, -0.2) is 4.79 Å². The minimum atomic E-state index is -0.365. The highest BCUT2D eigenvalue weighted by molar-refractivity contribution is 7.80. The Kier molecular flexibility index (Phi) is 2.62. The molecule has 1 fully saturated rings. The molecule has 1 saturated heterocycles. The van der Waals surface area contributed by atoms with Gasteiger partial charge in [-0.2, -0.15) is 12.6 Å². The minimum Gasteiger partial charge on any atom is -0.312 e. The van der Waals surface area contributed by atoms with E-state index in [1.807, 2.05) is 6.92 Å². The lowest BCUT2D eigenvalue weighted by Crippen LogP contribution is -2.36. The molecule has 1 aliphatic rings. The van der Waals surface area contributed by atoms with Crippen molar-refractivity contribution in [1.82, 2.24) is 9.80 Å². The van der Waals surface area contributed by atoms with Crippen LogP contribution in [0.25, 0.3) is 0 Å². The quantitative estimate of drug-likeness (QED) is 0.497. The highest BCUT2D eigenvalue weighted by atomic mass is 32.1. The highest BCUT2D eigenvalue weighted by Crippen LogP contribution is 2.16. The Morgan fingerprint density at radius 1 is 1.50 bits per heavy atom. The Balaban J connectivity index is 2.87. The Morgan fingerprint density at radius 3 is 2.42 bits per heavy atom. The standard InChI is InChI=1S/C7H12N2O2S/c1-3-9-5(4-12)6(10)8(2)7(9)11/h5,12H,3-4H2,1-2H3. The van der Waals surface area contributed by atoms with Gasteiger partial charge in [0.1, 0.15) is 6.04 Å². The second-order valence-corrected chi connectivity index (χ2v) is 3.03. The summed E-state index contributed by atoms with van der Waals surface area (Å²) < 4.78 is 0. The lowest BCUT2D eigenvalue weighted by atomic mass is 10.3. The molecule has 12 heavy (non-hydrogen) atoms. The summed E-state index contributed by atoms with van der Waals surface area (Å²) in [6.45, 7) is 2.40. The van der Waals surface area contributed by atoms with Crippen LogP contribution in [0, 0.1) is 0 Å². The third-order valence-corrected chi connectivity index (χ3v) is 2.38. The topological polar surface area (TPSA) is 40.6 Å². The molecule has 4 nitrogen and oxygen atoms in total. The fourth-order valence-corrected chi connectivity index (χ4v) is 1.66. The van der Waals surface area contributed by atoms with Crippen molar-refractivity contribution in [2.45, 2.75) is 13.0 Å². The van der Waals surface area contributed by atoms with Crippen LogP contribution in [-0.4, -0.2) is 47.1 Å². The van der Waals surface area contributed by atoms with E-state index in [-0.39, 0.29) is 18.0 Å². The number of likely N-dealkylation sites (N-methyl/N-ethyl adjacent to an activating group) is 2. The molecule has 1 unspecified atom stereocenters. The van der Waals surface area contributed by atoms with Crippen molar-refractivity contribution in [3.63, 3.8) is 0 Å². The second-order valence-electron chi connectivity index (χ2n) is 2.66. The first-order valence-electron chi connectivity index (χ1n) is 3.82. The molecule has 0 bridgehead atoms. The summed E-state index contributed by atoms with van der Waals surface area (Å²) in [7, 11) is 1.50. The van der Waals surface area contributed by atoms with Gasteiger partial charge in [0.25, 0.3) is 5.91 Å². The van der Waals surface area contributed by atoms with E-state index < -0.39 is 0 Å². The van der Waals surface area contributed by atoms with Crippen LogP contribution in [0.1, 0.15) is 6.92 Å². The largest absolute Gasteiger partial charge is 0.327 e. The predicted octanol–water partition coefficient (Wildman–Crippen LogP) is 0.199. The number of hydrogen-bond donors (Lipinski definition) is 1. The van der Waals surface area contributed by atoms with Gasteiger partial charge in [0.2, 0.25) is 0 Å². The van der Waals surface area contributed by atoms with Crippen molar-refractivity contribution in [3.05, 3.63) is 0 Å². The summed E-state index contributed by atoms with van der Waals surface area (Å²) in [6.07, 6.45) is 0. The van der Waals surface area contributed by atoms with Crippen LogP contribution >= 0.6 is 12.6 Å². The fraction of sp³-hybridized carbons (Fsp3) is 0.714. The van der Waals surface area contributed by atoms with E-state index in [9.17, 15) is 9.59 Å². The third-order valence-electron chi connectivity index (χ3n) is 2.04. The van der Waals surface area contributed by atoms with Crippen LogP contribution in [0.3, 0.4) is 0 Å². The summed E-state index contributed by atoms with van der Waals surface area (Å²) in [5.41, 5.74) is 0. The second kappa shape index (κ2) is 3.35. The summed E-state index contributed by atoms with van der Waals surface area (Å²) >= 11 is 4.03. The molecule has 0 spiro atoms. The molecule has 0 aromatic rings. The van der Waals surface area contributed by atoms with Gasteiger partial charge >= 0.3 is 6.03 Å². The molecular formula is C7H12N2O2S. The number of rotatable bonds is 2. The molecule has 5 heteroatoms. The molecule has 1 atom stereocenters. The molecule has 68 valence electrons. The van der Waals surface area contributed by atoms with E-state index in [1.165, 1.54) is 11.9 Å². The van der Waals surface area contributed by atoms with Crippen LogP contribution in [0.4, 0.5) is 4.79 Å². The molecule has 0 N–H and O–H groups in total. The zero-order valence-corrected chi connectivity index (χ0v) is 8.04. The molecule has 0 aromatic heterocycles. The summed E-state index contributed by atoms with van der Waals surface area (Å²) in [5, 5.41) is 0. The van der Waals surface area contributed by atoms with E-state index in [0.29, 0.717) is 12.3 Å². The molecule has 0 saturated carbocycles. The van der Waals surface area contributed by atoms with Gasteiger partial charge in [0, 0.05) is 19.3 Å². The average molecular weight is 188 g/mol. The van der Waals surface area contributed by atoms with Crippen molar-refractivity contribution in [2.24, 2.45) is 0 Å². The van der Waals surface area contributed by atoms with Gasteiger partial charge in [0.15, 0.2) is 0 Å². The number of amides is 3. The van der Waals surface area contributed by atoms with Crippen LogP contribution in [0.2, 0.25) is 0 Å². The molecular weight excluding hydrogens is 176 g/mol. The van der Waals surface area contributed by atoms with E-state index >= 15 is 0 Å². The number of hydrogen-bond acceptors (Lipinski definition) is 3. The Labute approximate surface area is 76.9 Å². The van der Waals surface area contributed by atoms with Gasteiger partial charge < -0.3 is 4.90 Å². The Morgan fingerprint density at radius 2 is 2.08 bits per heavy atom. The number of carbonyl (C=O) groups is 2. The van der Waals surface area contributed by atoms with Crippen LogP contribution in [0.5, 0.6) is 0 Å². The van der Waals surface area contributed by atoms with E-state index in [0.717, 1.165) is 4.90 Å². The minimum absolute atomic E-state index is 0.156. The van der Waals surface area contributed by atoms with Gasteiger partial charge in [0.05, 0.1) is 0 Å². The van der Waals surface area contributed by atoms with Crippen molar-refractivity contribution in [2.75, 3.05) is 19.3 Å². The van der Waals surface area contributed by atoms with Crippen molar-refractivity contribution in [1.29, 1.82) is 0 Å². The van der Waals surface area contributed by atoms with Crippen LogP contribution in [-0.2, 0) is 4.79 Å². The van der Waals surface area contributed by atoms with Crippen LogP contribution < -0.4 is 0 Å². The van der Waals surface area contributed by atoms with Crippen molar-refractivity contribution >= 4 is 24.6 Å². The van der Waals surface area contributed by atoms with Gasteiger partial charge in [-0.3, -0.25) is 9.69 Å². The molecule has 3 amide bonds. The zero-order valence-electron chi connectivity index (χ0n) is 7.15. The maximum atomic E-state index is 11.3. The van der Waals surface area contributed by atoms with Gasteiger partial charge in [-0.05, 0) is 6.92 Å². The molecule has 0 radical (unpaired) electrons. The number of urea groups is 1. The predicted molar refractivity (Wildman–Crippen MR) is 48.2 cm³/mol. The van der Waals surface area contributed by atoms with E-state index in [1.54, 1.807) is 0 Å². The first-order valence-corrected chi connectivity index (χ1v) is 4.45. The first-order chi connectivity index (χ1) is 5.63. The average Bonchev–Trinajstić information content (AvgIpc) is 2.29. The van der Waals surface area contributed by atoms with Gasteiger partial charge in [-0.1, -0.05) is 0 Å². The van der Waals surface area contributed by atoms with Crippen molar-refractivity contribution < 1.29 is 9.59 Å².